The van der Waals surface area contributed by atoms with Crippen LogP contribution in [0.25, 0.3) is 0 Å². The van der Waals surface area contributed by atoms with Gasteiger partial charge in [-0.2, -0.15) is 25.3 Å². The first kappa shape index (κ1) is 38.8. The largest absolute Gasteiger partial charge is 0.367 e. The summed E-state index contributed by atoms with van der Waals surface area (Å²) in [4.78, 5) is 3.58. The number of likely N-dealkylation sites (N-methyl/N-ethyl adjacent to an activating group) is 1. The molecule has 0 bridgehead atoms. The number of allylic oxidation sites excluding steroid dienone is 4. The Morgan fingerprint density at radius 1 is 0.654 bits per heavy atom. The average molecular weight is 765 g/mol. The molecule has 4 aromatic carbocycles. The van der Waals surface area contributed by atoms with Gasteiger partial charge in [0.05, 0.1) is 14.7 Å². The van der Waals surface area contributed by atoms with E-state index >= 15 is 0 Å². The predicted molar refractivity (Wildman–Crippen MR) is 200 cm³/mol. The molecule has 0 saturated carbocycles. The van der Waals surface area contributed by atoms with Crippen molar-refractivity contribution in [3.8, 4) is 0 Å². The molecule has 1 aliphatic rings. The number of hydrogen-bond acceptors (Lipinski definition) is 8. The third-order valence-corrected chi connectivity index (χ3v) is 11.5. The quantitative estimate of drug-likeness (QED) is 0.119. The molecule has 4 aromatic rings. The van der Waals surface area contributed by atoms with Crippen molar-refractivity contribution >= 4 is 36.0 Å². The molecule has 0 amide bonds. The number of anilines is 1. The Labute approximate surface area is 305 Å². The minimum atomic E-state index is -4.56. The highest BCUT2D eigenvalue weighted by atomic mass is 32.2. The van der Waals surface area contributed by atoms with Crippen LogP contribution in [0.15, 0.2) is 148 Å². The van der Waals surface area contributed by atoms with Crippen molar-refractivity contribution in [2.45, 2.75) is 53.6 Å². The molecular formula is C38H40N2O9S3. The highest BCUT2D eigenvalue weighted by Crippen LogP contribution is 2.34. The topological polar surface area (TPSA) is 170 Å². The lowest BCUT2D eigenvalue weighted by Gasteiger charge is -2.28. The molecule has 0 saturated heterocycles. The summed E-state index contributed by atoms with van der Waals surface area (Å²) in [5.74, 6) is -0.583. The minimum Gasteiger partial charge on any atom is -0.367 e. The van der Waals surface area contributed by atoms with E-state index in [1.54, 1.807) is 42.5 Å². The first-order chi connectivity index (χ1) is 24.6. The molecule has 0 aliphatic heterocycles. The highest BCUT2D eigenvalue weighted by molar-refractivity contribution is 7.86. The highest BCUT2D eigenvalue weighted by Gasteiger charge is 2.23. The van der Waals surface area contributed by atoms with E-state index in [1.807, 2.05) is 73.4 Å². The molecule has 52 heavy (non-hydrogen) atoms. The van der Waals surface area contributed by atoms with Crippen molar-refractivity contribution in [3.05, 3.63) is 155 Å². The summed E-state index contributed by atoms with van der Waals surface area (Å²) in [7, 11) is -13.2. The van der Waals surface area contributed by atoms with E-state index < -0.39 is 36.3 Å². The van der Waals surface area contributed by atoms with Gasteiger partial charge in [0, 0.05) is 37.3 Å². The molecule has 0 heterocycles. The van der Waals surface area contributed by atoms with Gasteiger partial charge in [0.25, 0.3) is 30.4 Å². The molecule has 3 N–H and O–H groups in total. The van der Waals surface area contributed by atoms with Gasteiger partial charge < -0.3 is 4.90 Å². The van der Waals surface area contributed by atoms with Gasteiger partial charge in [0.1, 0.15) is 0 Å². The van der Waals surface area contributed by atoms with Crippen LogP contribution in [-0.2, 0) is 43.4 Å². The van der Waals surface area contributed by atoms with Crippen molar-refractivity contribution in [3.63, 3.8) is 0 Å². The van der Waals surface area contributed by atoms with Crippen LogP contribution in [-0.4, -0.2) is 62.9 Å². The molecule has 0 fully saturated rings. The predicted octanol–water partition coefficient (Wildman–Crippen LogP) is 6.53. The van der Waals surface area contributed by atoms with E-state index in [9.17, 15) is 38.9 Å². The van der Waals surface area contributed by atoms with E-state index in [-0.39, 0.29) is 20.7 Å². The lowest BCUT2D eigenvalue weighted by atomic mass is 9.88. The summed E-state index contributed by atoms with van der Waals surface area (Å²) in [5, 5.41) is 0. The van der Waals surface area contributed by atoms with Crippen LogP contribution >= 0.6 is 0 Å². The zero-order valence-electron chi connectivity index (χ0n) is 28.5. The number of hydrogen-bond donors (Lipinski definition) is 3. The monoisotopic (exact) mass is 764 g/mol. The van der Waals surface area contributed by atoms with Gasteiger partial charge in [-0.15, -0.1) is 0 Å². The molecule has 0 radical (unpaired) electrons. The summed E-state index contributed by atoms with van der Waals surface area (Å²) < 4.78 is 101. The smallest absolute Gasteiger partial charge is 0.294 e. The second-order valence-corrected chi connectivity index (χ2v) is 16.5. The molecule has 14 heteroatoms. The molecule has 5 rings (SSSR count). The molecule has 11 nitrogen and oxygen atoms in total. The van der Waals surface area contributed by atoms with Crippen molar-refractivity contribution in [2.24, 2.45) is 0 Å². The van der Waals surface area contributed by atoms with Gasteiger partial charge in [-0.05, 0) is 83.8 Å². The van der Waals surface area contributed by atoms with E-state index in [2.05, 4.69) is 4.90 Å². The zero-order chi connectivity index (χ0) is 37.7. The SMILES string of the molecule is CCN(Cc1cccc(S(=O)(=O)O)c1)c1ccc(C(C=C2C=CC(N(CC)Cc3cccc(S(=O)(=O)O)c3)C=C2)c2ccccc2S(=O)(=O)O)cc1. The maximum Gasteiger partial charge on any atom is 0.294 e. The van der Waals surface area contributed by atoms with Gasteiger partial charge in [-0.25, -0.2) is 0 Å². The fourth-order valence-corrected chi connectivity index (χ4v) is 8.04. The van der Waals surface area contributed by atoms with Gasteiger partial charge >= 0.3 is 0 Å². The van der Waals surface area contributed by atoms with E-state index in [0.29, 0.717) is 37.3 Å². The van der Waals surface area contributed by atoms with Crippen LogP contribution < -0.4 is 4.90 Å². The zero-order valence-corrected chi connectivity index (χ0v) is 31.0. The standard InChI is InChI=1S/C38H40N2O9S3/c1-3-39(26-29-9-7-11-34(23-29)50(41,42)43)32-19-15-28(16-20-32)25-37(36-13-5-6-14-38(36)52(47,48)49)31-17-21-33(22-18-31)40(4-2)27-30-10-8-12-35(24-30)51(44,45)46/h5-25,32,37H,3-4,26-27H2,1-2H3,(H,41,42,43)(H,44,45,46)(H,47,48,49). The molecule has 1 atom stereocenters. The summed E-state index contributed by atoms with van der Waals surface area (Å²) in [6.45, 7) is 5.98. The molecule has 1 unspecified atom stereocenters. The third-order valence-electron chi connectivity index (χ3n) is 8.84. The summed E-state index contributed by atoms with van der Waals surface area (Å²) in [5.41, 5.74) is 4.19. The minimum absolute atomic E-state index is 0.127. The van der Waals surface area contributed by atoms with E-state index in [0.717, 1.165) is 22.4 Å². The van der Waals surface area contributed by atoms with Crippen LogP contribution in [0.4, 0.5) is 5.69 Å². The average Bonchev–Trinajstić information content (AvgIpc) is 3.11. The number of nitrogens with zero attached hydrogens (tertiary/aromatic N) is 2. The van der Waals surface area contributed by atoms with Crippen molar-refractivity contribution in [1.82, 2.24) is 4.90 Å². The normalized spacial score (nSPS) is 15.5. The van der Waals surface area contributed by atoms with E-state index in [4.69, 9.17) is 0 Å². The van der Waals surface area contributed by atoms with Gasteiger partial charge in [-0.3, -0.25) is 18.6 Å². The van der Waals surface area contributed by atoms with Crippen LogP contribution in [0.2, 0.25) is 0 Å². The maximum atomic E-state index is 12.5. The molecule has 0 aromatic heterocycles. The summed E-state index contributed by atoms with van der Waals surface area (Å²) in [6, 6.07) is 26.0. The van der Waals surface area contributed by atoms with Gasteiger partial charge in [0.2, 0.25) is 0 Å². The Bertz CT molecular complexity index is 2320. The second-order valence-electron chi connectivity index (χ2n) is 12.3. The summed E-state index contributed by atoms with van der Waals surface area (Å²) >= 11 is 0. The van der Waals surface area contributed by atoms with Crippen molar-refractivity contribution in [1.29, 1.82) is 0 Å². The third kappa shape index (κ3) is 9.72. The first-order valence-corrected chi connectivity index (χ1v) is 20.7. The Morgan fingerprint density at radius 3 is 1.73 bits per heavy atom. The van der Waals surface area contributed by atoms with Gasteiger partial charge in [-0.1, -0.05) is 91.9 Å². The van der Waals surface area contributed by atoms with Gasteiger partial charge in [0.15, 0.2) is 0 Å². The van der Waals surface area contributed by atoms with Crippen molar-refractivity contribution in [2.75, 3.05) is 18.0 Å². The maximum absolute atomic E-state index is 12.5. The Morgan fingerprint density at radius 2 is 1.21 bits per heavy atom. The van der Waals surface area contributed by atoms with Crippen LogP contribution in [0.3, 0.4) is 0 Å². The number of benzene rings is 4. The fourth-order valence-electron chi connectivity index (χ4n) is 6.19. The first-order valence-electron chi connectivity index (χ1n) is 16.4. The Hall–Kier alpha value is -4.41. The van der Waals surface area contributed by atoms with Crippen molar-refractivity contribution < 1.29 is 38.9 Å². The second kappa shape index (κ2) is 16.1. The lowest BCUT2D eigenvalue weighted by molar-refractivity contribution is 0.263. The number of rotatable bonds is 14. The summed E-state index contributed by atoms with van der Waals surface area (Å²) in [6.07, 6.45) is 9.77. The Balaban J connectivity index is 1.44. The molecule has 274 valence electrons. The fraction of sp³-hybridized carbons (Fsp3) is 0.211. The molecule has 1 aliphatic carbocycles. The lowest BCUT2D eigenvalue weighted by Crippen LogP contribution is -2.32. The Kier molecular flexibility index (Phi) is 12.0. The van der Waals surface area contributed by atoms with Crippen LogP contribution in [0, 0.1) is 0 Å². The molecule has 0 spiro atoms. The van der Waals surface area contributed by atoms with Crippen LogP contribution in [0.5, 0.6) is 0 Å². The van der Waals surface area contributed by atoms with Crippen LogP contribution in [0.1, 0.15) is 42.0 Å². The van der Waals surface area contributed by atoms with E-state index in [1.165, 1.54) is 30.3 Å². The molecular weight excluding hydrogens is 725 g/mol.